The van der Waals surface area contributed by atoms with Gasteiger partial charge in [-0.1, -0.05) is 0 Å². The summed E-state index contributed by atoms with van der Waals surface area (Å²) in [6.45, 7) is 7.29. The molecule has 2 nitrogen and oxygen atoms in total. The van der Waals surface area contributed by atoms with Gasteiger partial charge < -0.3 is 9.64 Å². The van der Waals surface area contributed by atoms with Crippen LogP contribution in [0, 0.1) is 5.92 Å². The Bertz CT molecular complexity index is 161. The van der Waals surface area contributed by atoms with Crippen molar-refractivity contribution >= 4 is 0 Å². The molecule has 0 spiro atoms. The minimum Gasteiger partial charge on any atom is -0.374 e. The highest BCUT2D eigenvalue weighted by atomic mass is 19.1. The number of hydrogen-bond donors (Lipinski definition) is 0. The van der Waals surface area contributed by atoms with Gasteiger partial charge >= 0.3 is 0 Å². The minimum atomic E-state index is -0.770. The summed E-state index contributed by atoms with van der Waals surface area (Å²) in [4.78, 5) is 2.13. The van der Waals surface area contributed by atoms with Crippen LogP contribution in [0.15, 0.2) is 0 Å². The fraction of sp³-hybridized carbons (Fsp3) is 1.00. The van der Waals surface area contributed by atoms with Crippen molar-refractivity contribution in [2.24, 2.45) is 5.92 Å². The largest absolute Gasteiger partial charge is 0.374 e. The van der Waals surface area contributed by atoms with Crippen molar-refractivity contribution in [1.82, 2.24) is 4.90 Å². The van der Waals surface area contributed by atoms with Crippen LogP contribution >= 0.6 is 0 Å². The highest BCUT2D eigenvalue weighted by Crippen LogP contribution is 2.24. The monoisotopic (exact) mass is 189 g/mol. The minimum absolute atomic E-state index is 0.0485. The summed E-state index contributed by atoms with van der Waals surface area (Å²) in [5, 5.41) is 0. The Morgan fingerprint density at radius 3 is 2.38 bits per heavy atom. The molecule has 0 N–H and O–H groups in total. The van der Waals surface area contributed by atoms with E-state index in [4.69, 9.17) is 4.74 Å². The topological polar surface area (TPSA) is 12.5 Å². The van der Waals surface area contributed by atoms with Gasteiger partial charge in [0.15, 0.2) is 0 Å². The molecule has 1 heterocycles. The van der Waals surface area contributed by atoms with Gasteiger partial charge in [0, 0.05) is 19.0 Å². The molecule has 0 aromatic carbocycles. The zero-order chi connectivity index (χ0) is 10.0. The van der Waals surface area contributed by atoms with Crippen LogP contribution < -0.4 is 0 Å². The fourth-order valence-electron chi connectivity index (χ4n) is 1.93. The van der Waals surface area contributed by atoms with E-state index in [0.717, 1.165) is 13.1 Å². The second kappa shape index (κ2) is 4.38. The van der Waals surface area contributed by atoms with Crippen LogP contribution in [0.4, 0.5) is 4.39 Å². The molecule has 13 heavy (non-hydrogen) atoms. The van der Waals surface area contributed by atoms with Crippen LogP contribution in [0.1, 0.15) is 20.8 Å². The van der Waals surface area contributed by atoms with Crippen LogP contribution in [0.3, 0.4) is 0 Å². The molecule has 1 aliphatic rings. The molecule has 0 aromatic heterocycles. The molecule has 3 heteroatoms. The number of hydrogen-bond acceptors (Lipinski definition) is 2. The quantitative estimate of drug-likeness (QED) is 0.670. The molecule has 0 radical (unpaired) electrons. The van der Waals surface area contributed by atoms with E-state index in [0.29, 0.717) is 0 Å². The Labute approximate surface area is 80.1 Å². The van der Waals surface area contributed by atoms with Gasteiger partial charge in [-0.3, -0.25) is 0 Å². The van der Waals surface area contributed by atoms with Gasteiger partial charge in [-0.05, 0) is 27.8 Å². The van der Waals surface area contributed by atoms with Gasteiger partial charge in [0.25, 0.3) is 0 Å². The van der Waals surface area contributed by atoms with Crippen LogP contribution in [0.25, 0.3) is 0 Å². The Balaban J connectivity index is 2.50. The van der Waals surface area contributed by atoms with E-state index in [2.05, 4.69) is 4.90 Å². The predicted octanol–water partition coefficient (Wildman–Crippen LogP) is 1.70. The average Bonchev–Trinajstić information content (AvgIpc) is 2.29. The van der Waals surface area contributed by atoms with Crippen molar-refractivity contribution in [3.05, 3.63) is 0 Å². The van der Waals surface area contributed by atoms with Gasteiger partial charge in [-0.25, -0.2) is 4.39 Å². The predicted molar refractivity (Wildman–Crippen MR) is 51.6 cm³/mol. The third-order valence-corrected chi connectivity index (χ3v) is 2.53. The van der Waals surface area contributed by atoms with Crippen molar-refractivity contribution in [2.45, 2.75) is 39.2 Å². The van der Waals surface area contributed by atoms with Crippen LogP contribution in [-0.4, -0.2) is 43.4 Å². The maximum Gasteiger partial charge on any atom is 0.104 e. The highest BCUT2D eigenvalue weighted by molar-refractivity contribution is 4.86. The van der Waals surface area contributed by atoms with Crippen LogP contribution in [0.5, 0.6) is 0 Å². The van der Waals surface area contributed by atoms with E-state index in [9.17, 15) is 4.39 Å². The number of ether oxygens (including phenoxy) is 1. The lowest BCUT2D eigenvalue weighted by Gasteiger charge is -2.22. The highest BCUT2D eigenvalue weighted by Gasteiger charge is 2.35. The van der Waals surface area contributed by atoms with Gasteiger partial charge in [-0.2, -0.15) is 0 Å². The number of nitrogens with zero attached hydrogens (tertiary/aromatic N) is 1. The summed E-state index contributed by atoms with van der Waals surface area (Å²) in [6, 6.07) is 0. The molecule has 0 bridgehead atoms. The first-order valence-electron chi connectivity index (χ1n) is 4.98. The molecule has 3 atom stereocenters. The Morgan fingerprint density at radius 1 is 1.31 bits per heavy atom. The molecule has 0 saturated carbocycles. The van der Waals surface area contributed by atoms with Gasteiger partial charge in [0.05, 0.1) is 12.2 Å². The van der Waals surface area contributed by atoms with Crippen molar-refractivity contribution < 1.29 is 9.13 Å². The number of alkyl halides is 1. The average molecular weight is 189 g/mol. The first-order valence-corrected chi connectivity index (χ1v) is 4.98. The summed E-state index contributed by atoms with van der Waals surface area (Å²) in [5.74, 6) is 0.0485. The standard InChI is InChI=1S/C10H20FNO/c1-7(2)13-10-6-12(4)5-9(10)8(3)11/h7-10H,5-6H2,1-4H3/t8?,9-,10+/m1/s1. The Hall–Kier alpha value is -0.150. The smallest absolute Gasteiger partial charge is 0.104 e. The van der Waals surface area contributed by atoms with E-state index < -0.39 is 6.17 Å². The summed E-state index contributed by atoms with van der Waals surface area (Å²) in [7, 11) is 2.01. The molecule has 0 amide bonds. The third-order valence-electron chi connectivity index (χ3n) is 2.53. The van der Waals surface area contributed by atoms with Crippen LogP contribution in [-0.2, 0) is 4.74 Å². The van der Waals surface area contributed by atoms with E-state index >= 15 is 0 Å². The van der Waals surface area contributed by atoms with E-state index in [-0.39, 0.29) is 18.1 Å². The lowest BCUT2D eigenvalue weighted by atomic mass is 10.0. The third kappa shape index (κ3) is 2.92. The van der Waals surface area contributed by atoms with Crippen molar-refractivity contribution in [3.63, 3.8) is 0 Å². The molecular formula is C10H20FNO. The zero-order valence-electron chi connectivity index (χ0n) is 8.96. The molecule has 1 rings (SSSR count). The maximum absolute atomic E-state index is 13.2. The molecule has 78 valence electrons. The summed E-state index contributed by atoms with van der Waals surface area (Å²) in [6.07, 6.45) is -0.503. The van der Waals surface area contributed by atoms with Crippen molar-refractivity contribution in [3.8, 4) is 0 Å². The van der Waals surface area contributed by atoms with Gasteiger partial charge in [0.1, 0.15) is 6.17 Å². The number of likely N-dealkylation sites (N-methyl/N-ethyl adjacent to an activating group) is 1. The number of halogens is 1. The van der Waals surface area contributed by atoms with E-state index in [1.807, 2.05) is 20.9 Å². The van der Waals surface area contributed by atoms with Gasteiger partial charge in [0.2, 0.25) is 0 Å². The first kappa shape index (κ1) is 10.9. The van der Waals surface area contributed by atoms with Crippen molar-refractivity contribution in [1.29, 1.82) is 0 Å². The summed E-state index contributed by atoms with van der Waals surface area (Å²) < 4.78 is 18.8. The second-order valence-electron chi connectivity index (χ2n) is 4.29. The zero-order valence-corrected chi connectivity index (χ0v) is 8.96. The number of likely N-dealkylation sites (tertiary alicyclic amines) is 1. The van der Waals surface area contributed by atoms with E-state index in [1.165, 1.54) is 0 Å². The lowest BCUT2D eigenvalue weighted by Crippen LogP contribution is -2.30. The molecular weight excluding hydrogens is 169 g/mol. The second-order valence-corrected chi connectivity index (χ2v) is 4.29. The maximum atomic E-state index is 13.2. The van der Waals surface area contributed by atoms with Gasteiger partial charge in [-0.15, -0.1) is 0 Å². The molecule has 1 saturated heterocycles. The van der Waals surface area contributed by atoms with Crippen molar-refractivity contribution in [2.75, 3.05) is 20.1 Å². The molecule has 1 aliphatic heterocycles. The molecule has 0 aromatic rings. The Morgan fingerprint density at radius 2 is 1.92 bits per heavy atom. The Kier molecular flexibility index (Phi) is 3.68. The van der Waals surface area contributed by atoms with E-state index in [1.54, 1.807) is 6.92 Å². The normalized spacial score (nSPS) is 32.8. The molecule has 1 fully saturated rings. The van der Waals surface area contributed by atoms with Crippen LogP contribution in [0.2, 0.25) is 0 Å². The summed E-state index contributed by atoms with van der Waals surface area (Å²) in [5.41, 5.74) is 0. The fourth-order valence-corrected chi connectivity index (χ4v) is 1.93. The summed E-state index contributed by atoms with van der Waals surface area (Å²) >= 11 is 0. The lowest BCUT2D eigenvalue weighted by molar-refractivity contribution is -0.0216. The number of rotatable bonds is 3. The molecule has 0 aliphatic carbocycles. The first-order chi connectivity index (χ1) is 6.00. The SMILES string of the molecule is CC(C)O[C@H]1CN(C)C[C@@H]1C(C)F. The molecule has 1 unspecified atom stereocenters.